The number of carbonyl (C=O) groups excluding carboxylic acids is 1. The third kappa shape index (κ3) is 8.60. The summed E-state index contributed by atoms with van der Waals surface area (Å²) in [4.78, 5) is 18.8. The summed E-state index contributed by atoms with van der Waals surface area (Å²) in [5.74, 6) is 0.691. The fourth-order valence-corrected chi connectivity index (χ4v) is 5.06. The number of halogens is 1. The molecule has 3 N–H and O–H groups in total. The molecule has 0 bridgehead atoms. The van der Waals surface area contributed by atoms with Crippen LogP contribution in [-0.2, 0) is 16.7 Å². The Labute approximate surface area is 254 Å². The molecule has 4 aromatic rings. The van der Waals surface area contributed by atoms with Gasteiger partial charge in [-0.25, -0.2) is 9.18 Å². The minimum atomic E-state index is -0.644. The van der Waals surface area contributed by atoms with E-state index in [1.54, 1.807) is 31.4 Å². The maximum absolute atomic E-state index is 15.1. The first kappa shape index (κ1) is 31.6. The van der Waals surface area contributed by atoms with Crippen LogP contribution in [0.2, 0.25) is 0 Å². The van der Waals surface area contributed by atoms with Gasteiger partial charge < -0.3 is 24.6 Å². The number of pyridine rings is 1. The minimum Gasteiger partial charge on any atom is -0.453 e. The molecule has 0 saturated heterocycles. The zero-order chi connectivity index (χ0) is 31.0. The van der Waals surface area contributed by atoms with Crippen LogP contribution in [0, 0.1) is 12.7 Å². The fraction of sp³-hybridized carbons (Fsp3) is 0.281. The number of nitrogens with one attached hydrogen (secondary N) is 3. The Morgan fingerprint density at radius 1 is 1.16 bits per heavy atom. The van der Waals surface area contributed by atoms with Crippen molar-refractivity contribution in [2.24, 2.45) is 0 Å². The number of methoxy groups -OCH3 is 1. The Morgan fingerprint density at radius 3 is 2.63 bits per heavy atom. The number of aromatic nitrogens is 2. The second-order valence-electron chi connectivity index (χ2n) is 10.8. The molecule has 43 heavy (non-hydrogen) atoms. The van der Waals surface area contributed by atoms with Gasteiger partial charge in [-0.05, 0) is 48.4 Å². The number of rotatable bonds is 12. The van der Waals surface area contributed by atoms with Crippen LogP contribution in [0.3, 0.4) is 0 Å². The fourth-order valence-electron chi connectivity index (χ4n) is 3.94. The number of nitrogens with zero attached hydrogens (tertiary/aromatic N) is 2. The van der Waals surface area contributed by atoms with Crippen LogP contribution in [-0.4, -0.2) is 36.4 Å². The number of urea groups is 1. The summed E-state index contributed by atoms with van der Waals surface area (Å²) in [6.07, 6.45) is 5.12. The Kier molecular flexibility index (Phi) is 10.5. The highest BCUT2D eigenvalue weighted by atomic mass is 32.1. The molecule has 0 fully saturated rings. The first-order chi connectivity index (χ1) is 20.6. The number of hydrogen-bond donors (Lipinski definition) is 3. The van der Waals surface area contributed by atoms with E-state index in [1.807, 2.05) is 52.1 Å². The van der Waals surface area contributed by atoms with Crippen molar-refractivity contribution < 1.29 is 23.2 Å². The molecule has 4 rings (SSSR count). The van der Waals surface area contributed by atoms with E-state index in [1.165, 1.54) is 23.5 Å². The molecule has 9 nitrogen and oxygen atoms in total. The van der Waals surface area contributed by atoms with Crippen molar-refractivity contribution in [3.05, 3.63) is 95.0 Å². The predicted molar refractivity (Wildman–Crippen MR) is 169 cm³/mol. The molecule has 0 unspecified atom stereocenters. The van der Waals surface area contributed by atoms with Crippen molar-refractivity contribution in [2.75, 3.05) is 30.9 Å². The van der Waals surface area contributed by atoms with Gasteiger partial charge in [-0.3, -0.25) is 10.3 Å². The summed E-state index contributed by atoms with van der Waals surface area (Å²) in [6.45, 7) is 13.8. The lowest BCUT2D eigenvalue weighted by atomic mass is 9.93. The van der Waals surface area contributed by atoms with E-state index in [0.717, 1.165) is 33.1 Å². The Balaban J connectivity index is 1.42. The van der Waals surface area contributed by atoms with Crippen molar-refractivity contribution in [1.29, 1.82) is 0 Å². The molecule has 1 aromatic carbocycles. The van der Waals surface area contributed by atoms with Gasteiger partial charge in [-0.2, -0.15) is 0 Å². The van der Waals surface area contributed by atoms with Gasteiger partial charge >= 0.3 is 6.03 Å². The third-order valence-electron chi connectivity index (χ3n) is 6.20. The summed E-state index contributed by atoms with van der Waals surface area (Å²) in [6, 6.07) is 11.3. The zero-order valence-corrected chi connectivity index (χ0v) is 25.7. The molecule has 0 spiro atoms. The Hall–Kier alpha value is -4.32. The molecule has 11 heteroatoms. The van der Waals surface area contributed by atoms with Gasteiger partial charge in [0, 0.05) is 49.6 Å². The largest absolute Gasteiger partial charge is 0.453 e. The molecule has 0 aliphatic rings. The average Bonchev–Trinajstić information content (AvgIpc) is 3.59. The molecule has 0 aliphatic carbocycles. The highest BCUT2D eigenvalue weighted by Crippen LogP contribution is 2.36. The van der Waals surface area contributed by atoms with Crippen LogP contribution in [0.1, 0.15) is 42.5 Å². The molecule has 3 heterocycles. The van der Waals surface area contributed by atoms with Gasteiger partial charge in [0.2, 0.25) is 0 Å². The second kappa shape index (κ2) is 14.2. The number of carbonyl (C=O) groups is 1. The van der Waals surface area contributed by atoms with E-state index in [4.69, 9.17) is 14.0 Å². The summed E-state index contributed by atoms with van der Waals surface area (Å²) >= 11 is 1.49. The topological polar surface area (TPSA) is 111 Å². The van der Waals surface area contributed by atoms with Crippen LogP contribution in [0.25, 0.3) is 16.3 Å². The van der Waals surface area contributed by atoms with Crippen molar-refractivity contribution in [3.8, 4) is 16.3 Å². The monoisotopic (exact) mass is 605 g/mol. The van der Waals surface area contributed by atoms with E-state index in [0.29, 0.717) is 24.7 Å². The van der Waals surface area contributed by atoms with E-state index >= 15 is 4.39 Å². The zero-order valence-electron chi connectivity index (χ0n) is 24.9. The molecule has 0 atom stereocenters. The number of allylic oxidation sites excluding steroid dienone is 2. The molecule has 0 saturated carbocycles. The van der Waals surface area contributed by atoms with Gasteiger partial charge in [-0.15, -0.1) is 11.3 Å². The maximum Gasteiger partial charge on any atom is 0.324 e. The van der Waals surface area contributed by atoms with Crippen molar-refractivity contribution in [2.45, 2.75) is 39.7 Å². The summed E-state index contributed by atoms with van der Waals surface area (Å²) in [7, 11) is 1.67. The van der Waals surface area contributed by atoms with Gasteiger partial charge in [-0.1, -0.05) is 44.6 Å². The number of benzene rings is 1. The number of hydrogen-bond acceptors (Lipinski definition) is 8. The van der Waals surface area contributed by atoms with Crippen molar-refractivity contribution in [3.63, 3.8) is 0 Å². The van der Waals surface area contributed by atoms with Crippen LogP contribution in [0.5, 0.6) is 5.75 Å². The van der Waals surface area contributed by atoms with Gasteiger partial charge in [0.15, 0.2) is 17.4 Å². The van der Waals surface area contributed by atoms with Gasteiger partial charge in [0.05, 0.1) is 22.1 Å². The standard InChI is InChI=1S/C32H36FN5O4S/c1-7-8-26(30-20(2)15-27(43-30)24-11-9-21(19-35-24)18-34-13-14-40-6)41-25-12-10-22(16-23(25)33)36-31(39)37-29-17-28(42-38-29)32(3,4)5/h7-12,15-17,19,34H,1,13-14,18H2,2-6H3,(H2,36,37,38,39)/b26-8+. The summed E-state index contributed by atoms with van der Waals surface area (Å²) in [5.41, 5.74) is 2.85. The lowest BCUT2D eigenvalue weighted by Crippen LogP contribution is -2.19. The van der Waals surface area contributed by atoms with Crippen LogP contribution < -0.4 is 20.7 Å². The Morgan fingerprint density at radius 2 is 1.98 bits per heavy atom. The minimum absolute atomic E-state index is 0.00294. The SMILES string of the molecule is C=C/C=C(/Oc1ccc(NC(=O)Nc2cc(C(C)(C)C)on2)cc1F)c1sc(-c2ccc(CNCCOC)cn2)cc1C. The molecule has 0 radical (unpaired) electrons. The van der Waals surface area contributed by atoms with E-state index in [-0.39, 0.29) is 22.7 Å². The van der Waals surface area contributed by atoms with Crippen molar-refractivity contribution >= 4 is 34.6 Å². The molecular formula is C32H36FN5O4S. The first-order valence-electron chi connectivity index (χ1n) is 13.7. The number of anilines is 2. The molecule has 226 valence electrons. The van der Waals surface area contributed by atoms with Gasteiger partial charge in [0.1, 0.15) is 11.5 Å². The number of thiophene rings is 1. The molecule has 2 amide bonds. The van der Waals surface area contributed by atoms with E-state index in [9.17, 15) is 4.79 Å². The number of aryl methyl sites for hydroxylation is 1. The van der Waals surface area contributed by atoms with Gasteiger partial charge in [0.25, 0.3) is 0 Å². The number of amides is 2. The molecule has 0 aliphatic heterocycles. The van der Waals surface area contributed by atoms with E-state index < -0.39 is 11.8 Å². The van der Waals surface area contributed by atoms with E-state index in [2.05, 4.69) is 32.7 Å². The first-order valence-corrected chi connectivity index (χ1v) is 14.5. The normalized spacial score (nSPS) is 11.8. The molecular weight excluding hydrogens is 569 g/mol. The lowest BCUT2D eigenvalue weighted by molar-refractivity contribution is 0.199. The highest BCUT2D eigenvalue weighted by Gasteiger charge is 2.21. The van der Waals surface area contributed by atoms with Crippen LogP contribution in [0.15, 0.2) is 71.9 Å². The maximum atomic E-state index is 15.1. The second-order valence-corrected chi connectivity index (χ2v) is 11.8. The molecule has 3 aromatic heterocycles. The quantitative estimate of drug-likeness (QED) is 0.0870. The smallest absolute Gasteiger partial charge is 0.324 e. The number of ether oxygens (including phenoxy) is 2. The predicted octanol–water partition coefficient (Wildman–Crippen LogP) is 7.53. The summed E-state index contributed by atoms with van der Waals surface area (Å²) in [5, 5.41) is 12.3. The van der Waals surface area contributed by atoms with Crippen LogP contribution >= 0.6 is 11.3 Å². The summed E-state index contributed by atoms with van der Waals surface area (Å²) < 4.78 is 31.5. The lowest BCUT2D eigenvalue weighted by Gasteiger charge is -2.12. The van der Waals surface area contributed by atoms with Crippen molar-refractivity contribution in [1.82, 2.24) is 15.5 Å². The Bertz CT molecular complexity index is 1590. The average molecular weight is 606 g/mol. The van der Waals surface area contributed by atoms with Crippen LogP contribution in [0.4, 0.5) is 20.7 Å². The highest BCUT2D eigenvalue weighted by molar-refractivity contribution is 7.16. The third-order valence-corrected chi connectivity index (χ3v) is 7.47.